The molecular weight excluding hydrogens is 224 g/mol. The molecule has 102 valence electrons. The Hall–Kier alpha value is -0.770. The number of hydrogen-bond donors (Lipinski definition) is 2. The third kappa shape index (κ3) is 2.48. The lowest BCUT2D eigenvalue weighted by molar-refractivity contribution is 0.267. The lowest BCUT2D eigenvalue weighted by Gasteiger charge is -2.23. The molecule has 4 nitrogen and oxygen atoms in total. The van der Waals surface area contributed by atoms with E-state index >= 15 is 0 Å². The van der Waals surface area contributed by atoms with Crippen molar-refractivity contribution in [2.45, 2.75) is 45.1 Å². The van der Waals surface area contributed by atoms with Crippen molar-refractivity contribution in [1.82, 2.24) is 10.2 Å². The molecule has 3 fully saturated rings. The van der Waals surface area contributed by atoms with Crippen molar-refractivity contribution in [3.63, 3.8) is 0 Å². The molecule has 0 aromatic rings. The van der Waals surface area contributed by atoms with Crippen LogP contribution in [-0.4, -0.2) is 43.1 Å². The summed E-state index contributed by atoms with van der Waals surface area (Å²) < 4.78 is 0. The summed E-state index contributed by atoms with van der Waals surface area (Å²) >= 11 is 0. The Balaban J connectivity index is 1.38. The van der Waals surface area contributed by atoms with Gasteiger partial charge >= 0.3 is 0 Å². The summed E-state index contributed by atoms with van der Waals surface area (Å²) in [5.74, 6) is 1.50. The normalized spacial score (nSPS) is 33.9. The maximum atomic E-state index is 5.94. The Morgan fingerprint density at radius 3 is 3.00 bits per heavy atom. The maximum absolute atomic E-state index is 5.94. The first-order chi connectivity index (χ1) is 8.73. The molecule has 1 aliphatic heterocycles. The van der Waals surface area contributed by atoms with Gasteiger partial charge in [-0.3, -0.25) is 9.89 Å². The first-order valence-electron chi connectivity index (χ1n) is 7.51. The van der Waals surface area contributed by atoms with E-state index < -0.39 is 0 Å². The number of nitrogens with one attached hydrogen (secondary N) is 1. The van der Waals surface area contributed by atoms with Crippen LogP contribution in [-0.2, 0) is 0 Å². The highest BCUT2D eigenvalue weighted by atomic mass is 15.2. The molecular formula is C14H26N4. The van der Waals surface area contributed by atoms with Gasteiger partial charge in [0.1, 0.15) is 0 Å². The fourth-order valence-corrected chi connectivity index (χ4v) is 3.49. The zero-order valence-corrected chi connectivity index (χ0v) is 11.5. The van der Waals surface area contributed by atoms with Crippen molar-refractivity contribution in [3.8, 4) is 0 Å². The SMILES string of the molecule is CCN1CCCC1CNC(N)=NCC1CC12CC2. The second-order valence-electron chi connectivity index (χ2n) is 6.29. The summed E-state index contributed by atoms with van der Waals surface area (Å²) in [4.78, 5) is 7.03. The third-order valence-corrected chi connectivity index (χ3v) is 5.16. The second-order valence-corrected chi connectivity index (χ2v) is 6.29. The number of guanidine groups is 1. The van der Waals surface area contributed by atoms with Crippen LogP contribution in [0.15, 0.2) is 4.99 Å². The van der Waals surface area contributed by atoms with Crippen LogP contribution in [0.4, 0.5) is 0 Å². The van der Waals surface area contributed by atoms with Gasteiger partial charge in [-0.15, -0.1) is 0 Å². The highest BCUT2D eigenvalue weighted by molar-refractivity contribution is 5.77. The predicted octanol–water partition coefficient (Wildman–Crippen LogP) is 1.18. The monoisotopic (exact) mass is 250 g/mol. The van der Waals surface area contributed by atoms with Gasteiger partial charge in [0.15, 0.2) is 5.96 Å². The topological polar surface area (TPSA) is 53.6 Å². The van der Waals surface area contributed by atoms with Gasteiger partial charge in [-0.2, -0.15) is 0 Å². The van der Waals surface area contributed by atoms with Gasteiger partial charge in [0.05, 0.1) is 0 Å². The summed E-state index contributed by atoms with van der Waals surface area (Å²) in [6, 6.07) is 0.652. The van der Waals surface area contributed by atoms with E-state index in [2.05, 4.69) is 22.1 Å². The van der Waals surface area contributed by atoms with E-state index in [-0.39, 0.29) is 0 Å². The van der Waals surface area contributed by atoms with E-state index in [1.807, 2.05) is 0 Å². The van der Waals surface area contributed by atoms with E-state index in [1.165, 1.54) is 38.6 Å². The smallest absolute Gasteiger partial charge is 0.188 e. The van der Waals surface area contributed by atoms with Crippen LogP contribution in [0.1, 0.15) is 39.0 Å². The second kappa shape index (κ2) is 4.72. The van der Waals surface area contributed by atoms with Gasteiger partial charge in [0, 0.05) is 19.1 Å². The first-order valence-corrected chi connectivity index (χ1v) is 7.51. The summed E-state index contributed by atoms with van der Waals surface area (Å²) in [6.07, 6.45) is 6.89. The Bertz CT molecular complexity index is 335. The molecule has 2 unspecified atom stereocenters. The lowest BCUT2D eigenvalue weighted by atomic mass is 10.2. The average molecular weight is 250 g/mol. The van der Waals surface area contributed by atoms with Crippen molar-refractivity contribution in [2.75, 3.05) is 26.2 Å². The van der Waals surface area contributed by atoms with E-state index in [1.54, 1.807) is 0 Å². The molecule has 2 saturated carbocycles. The summed E-state index contributed by atoms with van der Waals surface area (Å²) in [7, 11) is 0. The zero-order chi connectivity index (χ0) is 12.6. The van der Waals surface area contributed by atoms with Crippen molar-refractivity contribution in [1.29, 1.82) is 0 Å². The van der Waals surface area contributed by atoms with Crippen LogP contribution in [0.3, 0.4) is 0 Å². The van der Waals surface area contributed by atoms with Gasteiger partial charge < -0.3 is 11.1 Å². The minimum absolute atomic E-state index is 0.652. The summed E-state index contributed by atoms with van der Waals surface area (Å²) in [5.41, 5.74) is 6.69. The van der Waals surface area contributed by atoms with Crippen LogP contribution in [0.5, 0.6) is 0 Å². The molecule has 1 saturated heterocycles. The zero-order valence-electron chi connectivity index (χ0n) is 11.5. The Morgan fingerprint density at radius 1 is 1.50 bits per heavy atom. The Morgan fingerprint density at radius 2 is 2.33 bits per heavy atom. The number of rotatable bonds is 5. The van der Waals surface area contributed by atoms with Crippen LogP contribution in [0.25, 0.3) is 0 Å². The summed E-state index contributed by atoms with van der Waals surface area (Å²) in [5, 5.41) is 3.31. The van der Waals surface area contributed by atoms with Gasteiger partial charge in [0.2, 0.25) is 0 Å². The Kier molecular flexibility index (Phi) is 3.22. The van der Waals surface area contributed by atoms with Crippen molar-refractivity contribution >= 4 is 5.96 Å². The maximum Gasteiger partial charge on any atom is 0.188 e. The van der Waals surface area contributed by atoms with Gasteiger partial charge in [-0.05, 0) is 56.5 Å². The highest BCUT2D eigenvalue weighted by Gasteiger charge is 2.62. The molecule has 0 radical (unpaired) electrons. The molecule has 1 spiro atoms. The minimum Gasteiger partial charge on any atom is -0.370 e. The van der Waals surface area contributed by atoms with E-state index in [0.717, 1.165) is 31.0 Å². The molecule has 0 aromatic heterocycles. The van der Waals surface area contributed by atoms with E-state index in [0.29, 0.717) is 12.0 Å². The van der Waals surface area contributed by atoms with E-state index in [4.69, 9.17) is 5.73 Å². The molecule has 1 heterocycles. The van der Waals surface area contributed by atoms with Crippen LogP contribution < -0.4 is 11.1 Å². The molecule has 3 N–H and O–H groups in total. The van der Waals surface area contributed by atoms with Crippen LogP contribution in [0, 0.1) is 11.3 Å². The number of likely N-dealkylation sites (N-methyl/N-ethyl adjacent to an activating group) is 1. The summed E-state index contributed by atoms with van der Waals surface area (Å²) in [6.45, 7) is 6.52. The first kappa shape index (κ1) is 12.3. The van der Waals surface area contributed by atoms with Crippen molar-refractivity contribution < 1.29 is 0 Å². The molecule has 0 aromatic carbocycles. The van der Waals surface area contributed by atoms with Crippen molar-refractivity contribution in [3.05, 3.63) is 0 Å². The minimum atomic E-state index is 0.652. The largest absolute Gasteiger partial charge is 0.370 e. The molecule has 18 heavy (non-hydrogen) atoms. The average Bonchev–Trinajstić information content (AvgIpc) is 3.25. The van der Waals surface area contributed by atoms with Gasteiger partial charge in [-0.1, -0.05) is 6.92 Å². The molecule has 4 heteroatoms. The molecule has 3 aliphatic rings. The molecule has 0 amide bonds. The third-order valence-electron chi connectivity index (χ3n) is 5.16. The number of nitrogens with two attached hydrogens (primary N) is 1. The highest BCUT2D eigenvalue weighted by Crippen LogP contribution is 2.70. The molecule has 2 atom stereocenters. The number of aliphatic imine (C=N–C) groups is 1. The molecule has 0 bridgehead atoms. The number of hydrogen-bond acceptors (Lipinski definition) is 2. The van der Waals surface area contributed by atoms with Crippen LogP contribution in [0.2, 0.25) is 0 Å². The number of likely N-dealkylation sites (tertiary alicyclic amines) is 1. The van der Waals surface area contributed by atoms with Gasteiger partial charge in [-0.25, -0.2) is 0 Å². The predicted molar refractivity (Wildman–Crippen MR) is 74.5 cm³/mol. The fraction of sp³-hybridized carbons (Fsp3) is 0.929. The number of nitrogens with zero attached hydrogens (tertiary/aromatic N) is 2. The van der Waals surface area contributed by atoms with Crippen molar-refractivity contribution in [2.24, 2.45) is 22.1 Å². The lowest BCUT2D eigenvalue weighted by Crippen LogP contribution is -2.42. The quantitative estimate of drug-likeness (QED) is 0.569. The fourth-order valence-electron chi connectivity index (χ4n) is 3.49. The van der Waals surface area contributed by atoms with Crippen LogP contribution >= 0.6 is 0 Å². The standard InChI is InChI=1S/C14H26N4/c1-2-18-7-3-4-12(18)10-17-13(15)16-9-11-8-14(11)5-6-14/h11-12H,2-10H2,1H3,(H3,15,16,17). The molecule has 3 rings (SSSR count). The molecule has 2 aliphatic carbocycles. The Labute approximate surface area is 110 Å². The van der Waals surface area contributed by atoms with Gasteiger partial charge in [0.25, 0.3) is 0 Å². The van der Waals surface area contributed by atoms with E-state index in [9.17, 15) is 0 Å².